The minimum atomic E-state index is -0.682. The first kappa shape index (κ1) is 18.7. The number of carbonyl (C=O) groups excluding carboxylic acids is 1. The molecule has 0 saturated heterocycles. The van der Waals surface area contributed by atoms with Crippen molar-refractivity contribution in [2.24, 2.45) is 0 Å². The van der Waals surface area contributed by atoms with Crippen molar-refractivity contribution in [3.05, 3.63) is 64.3 Å². The number of nitro benzene ring substituents is 1. The van der Waals surface area contributed by atoms with E-state index in [-0.39, 0.29) is 35.6 Å². The van der Waals surface area contributed by atoms with Gasteiger partial charge in [-0.15, -0.1) is 0 Å². The Morgan fingerprint density at radius 2 is 2.04 bits per heavy atom. The molecule has 1 amide bonds. The lowest BCUT2D eigenvalue weighted by Crippen LogP contribution is -2.13. The number of aromatic nitrogens is 1. The molecule has 0 saturated carbocycles. The number of methoxy groups -OCH3 is 1. The van der Waals surface area contributed by atoms with Crippen molar-refractivity contribution in [2.45, 2.75) is 7.43 Å². The number of hydrogen-bond donors (Lipinski definition) is 2. The van der Waals surface area contributed by atoms with Crippen LogP contribution in [-0.4, -0.2) is 28.0 Å². The number of amides is 1. The minimum Gasteiger partial charge on any atom is -0.505 e. The molecule has 26 heavy (non-hydrogen) atoms. The molecular weight excluding hydrogens is 338 g/mol. The lowest BCUT2D eigenvalue weighted by atomic mass is 10.1. The molecule has 0 bridgehead atoms. The number of benzene rings is 2. The van der Waals surface area contributed by atoms with E-state index < -0.39 is 10.8 Å². The third-order valence-corrected chi connectivity index (χ3v) is 3.64. The zero-order valence-corrected chi connectivity index (χ0v) is 13.1. The van der Waals surface area contributed by atoms with Crippen LogP contribution in [0.5, 0.6) is 11.5 Å². The third kappa shape index (κ3) is 3.39. The maximum atomic E-state index is 12.5. The lowest BCUT2D eigenvalue weighted by molar-refractivity contribution is -0.384. The average Bonchev–Trinajstić information content (AvgIpc) is 2.62. The first-order chi connectivity index (χ1) is 12.0. The second kappa shape index (κ2) is 7.47. The summed E-state index contributed by atoms with van der Waals surface area (Å²) >= 11 is 0. The largest absolute Gasteiger partial charge is 0.505 e. The maximum absolute atomic E-state index is 12.5. The van der Waals surface area contributed by atoms with E-state index in [2.05, 4.69) is 10.3 Å². The predicted octanol–water partition coefficient (Wildman–Crippen LogP) is 3.75. The number of ether oxygens (including phenoxy) is 1. The highest BCUT2D eigenvalue weighted by atomic mass is 16.6. The summed E-state index contributed by atoms with van der Waals surface area (Å²) in [4.78, 5) is 27.1. The lowest BCUT2D eigenvalue weighted by Gasteiger charge is -2.09. The fourth-order valence-corrected chi connectivity index (χ4v) is 2.40. The van der Waals surface area contributed by atoms with Crippen LogP contribution in [0.2, 0.25) is 0 Å². The number of nitrogens with zero attached hydrogens (tertiary/aromatic N) is 2. The van der Waals surface area contributed by atoms with Crippen LogP contribution < -0.4 is 10.1 Å². The fourth-order valence-electron chi connectivity index (χ4n) is 2.40. The van der Waals surface area contributed by atoms with Crippen molar-refractivity contribution < 1.29 is 19.6 Å². The molecule has 0 aliphatic heterocycles. The first-order valence-corrected chi connectivity index (χ1v) is 7.21. The number of nitro groups is 1. The molecule has 0 aliphatic rings. The van der Waals surface area contributed by atoms with Gasteiger partial charge in [0.15, 0.2) is 5.75 Å². The Bertz CT molecular complexity index is 988. The Kier molecular flexibility index (Phi) is 5.36. The van der Waals surface area contributed by atoms with Gasteiger partial charge in [-0.25, -0.2) is 0 Å². The number of pyridine rings is 1. The molecule has 2 N–H and O–H groups in total. The van der Waals surface area contributed by atoms with E-state index in [4.69, 9.17) is 4.74 Å². The van der Waals surface area contributed by atoms with E-state index in [9.17, 15) is 20.0 Å². The summed E-state index contributed by atoms with van der Waals surface area (Å²) in [5.41, 5.74) is -0.0712. The number of rotatable bonds is 4. The molecule has 1 heterocycles. The van der Waals surface area contributed by atoms with Crippen LogP contribution in [0.15, 0.2) is 48.7 Å². The van der Waals surface area contributed by atoms with Crippen LogP contribution in [0.25, 0.3) is 10.9 Å². The predicted molar refractivity (Wildman–Crippen MR) is 97.7 cm³/mol. The Morgan fingerprint density at radius 1 is 1.27 bits per heavy atom. The quantitative estimate of drug-likeness (QED) is 0.544. The third-order valence-electron chi connectivity index (χ3n) is 3.64. The molecule has 134 valence electrons. The number of hydrogen-bond acceptors (Lipinski definition) is 6. The van der Waals surface area contributed by atoms with Gasteiger partial charge in [-0.1, -0.05) is 19.6 Å². The number of phenols is 1. The van der Waals surface area contributed by atoms with Gasteiger partial charge >= 0.3 is 0 Å². The van der Waals surface area contributed by atoms with Crippen molar-refractivity contribution in [3.8, 4) is 11.5 Å². The van der Waals surface area contributed by atoms with Crippen LogP contribution in [0.4, 0.5) is 11.4 Å². The Morgan fingerprint density at radius 3 is 2.73 bits per heavy atom. The number of aromatic hydroxyl groups is 1. The molecule has 1 aromatic heterocycles. The summed E-state index contributed by atoms with van der Waals surface area (Å²) in [6, 6.07) is 10.6. The summed E-state index contributed by atoms with van der Waals surface area (Å²) in [5.74, 6) is -0.674. The van der Waals surface area contributed by atoms with Crippen molar-refractivity contribution >= 4 is 28.2 Å². The minimum absolute atomic E-state index is 0. The molecule has 0 atom stereocenters. The molecular formula is C18H17N3O5. The number of phenolic OH excluding ortho intramolecular Hbond substituents is 1. The van der Waals surface area contributed by atoms with Crippen LogP contribution in [-0.2, 0) is 0 Å². The maximum Gasteiger partial charge on any atom is 0.296 e. The number of nitrogens with one attached hydrogen (secondary N) is 1. The molecule has 2 aromatic carbocycles. The van der Waals surface area contributed by atoms with Gasteiger partial charge in [-0.05, 0) is 24.3 Å². The molecule has 0 radical (unpaired) electrons. The summed E-state index contributed by atoms with van der Waals surface area (Å²) in [6.07, 6.45) is 1.50. The Hall–Kier alpha value is -3.68. The average molecular weight is 355 g/mol. The molecule has 0 unspecified atom stereocenters. The molecule has 0 spiro atoms. The van der Waals surface area contributed by atoms with E-state index in [1.807, 2.05) is 0 Å². The zero-order valence-electron chi connectivity index (χ0n) is 13.1. The topological polar surface area (TPSA) is 115 Å². The van der Waals surface area contributed by atoms with Gasteiger partial charge in [0.2, 0.25) is 0 Å². The molecule has 8 nitrogen and oxygen atoms in total. The summed E-state index contributed by atoms with van der Waals surface area (Å²) < 4.78 is 4.95. The summed E-state index contributed by atoms with van der Waals surface area (Å²) in [6.45, 7) is 0. The van der Waals surface area contributed by atoms with Crippen molar-refractivity contribution in [3.63, 3.8) is 0 Å². The van der Waals surface area contributed by atoms with Gasteiger partial charge in [-0.2, -0.15) is 0 Å². The molecule has 0 aliphatic carbocycles. The van der Waals surface area contributed by atoms with Crippen molar-refractivity contribution in [1.29, 1.82) is 0 Å². The van der Waals surface area contributed by atoms with E-state index in [0.717, 1.165) is 0 Å². The number of fused-ring (bicyclic) bond motifs is 1. The number of anilines is 1. The zero-order chi connectivity index (χ0) is 18.0. The van der Waals surface area contributed by atoms with Gasteiger partial charge in [-0.3, -0.25) is 19.9 Å². The first-order valence-electron chi connectivity index (χ1n) is 7.21. The number of carbonyl (C=O) groups is 1. The van der Waals surface area contributed by atoms with Crippen LogP contribution >= 0.6 is 0 Å². The Labute approximate surface area is 149 Å². The molecule has 8 heteroatoms. The van der Waals surface area contributed by atoms with Gasteiger partial charge < -0.3 is 15.2 Å². The standard InChI is InChI=1S/C17H13N3O5.CH4/c1-25-11-5-7-13(14(9-11)20(23)24)19-17(22)12-6-4-10-3-2-8-18-15(10)16(12)21;/h2-9,21H,1H3,(H,19,22);1H4. The van der Waals surface area contributed by atoms with E-state index in [0.29, 0.717) is 11.1 Å². The summed E-state index contributed by atoms with van der Waals surface area (Å²) in [7, 11) is 1.39. The van der Waals surface area contributed by atoms with Crippen molar-refractivity contribution in [2.75, 3.05) is 12.4 Å². The van der Waals surface area contributed by atoms with Crippen molar-refractivity contribution in [1.82, 2.24) is 4.98 Å². The van der Waals surface area contributed by atoms with E-state index in [1.54, 1.807) is 18.2 Å². The normalized spacial score (nSPS) is 10.0. The van der Waals surface area contributed by atoms with E-state index in [1.165, 1.54) is 37.6 Å². The highest BCUT2D eigenvalue weighted by molar-refractivity contribution is 6.10. The smallest absolute Gasteiger partial charge is 0.296 e. The molecule has 0 fully saturated rings. The fraction of sp³-hybridized carbons (Fsp3) is 0.111. The van der Waals surface area contributed by atoms with Gasteiger partial charge in [0, 0.05) is 11.6 Å². The molecule has 3 rings (SSSR count). The van der Waals surface area contributed by atoms with Crippen LogP contribution in [0.3, 0.4) is 0 Å². The molecule has 3 aromatic rings. The summed E-state index contributed by atoms with van der Waals surface area (Å²) in [5, 5.41) is 24.6. The van der Waals surface area contributed by atoms with Crippen LogP contribution in [0, 0.1) is 10.1 Å². The SMILES string of the molecule is C.COc1ccc(NC(=O)c2ccc3cccnc3c2O)c([N+](=O)[O-])c1. The Balaban J connectivity index is 0.00000243. The van der Waals surface area contributed by atoms with Crippen LogP contribution in [0.1, 0.15) is 17.8 Å². The highest BCUT2D eigenvalue weighted by Gasteiger charge is 2.20. The van der Waals surface area contributed by atoms with E-state index >= 15 is 0 Å². The second-order valence-corrected chi connectivity index (χ2v) is 5.13. The van der Waals surface area contributed by atoms with Gasteiger partial charge in [0.25, 0.3) is 11.6 Å². The monoisotopic (exact) mass is 355 g/mol. The van der Waals surface area contributed by atoms with Gasteiger partial charge in [0.1, 0.15) is 17.0 Å². The van der Waals surface area contributed by atoms with Gasteiger partial charge in [0.05, 0.1) is 23.7 Å². The second-order valence-electron chi connectivity index (χ2n) is 5.13. The highest BCUT2D eigenvalue weighted by Crippen LogP contribution is 2.31.